The van der Waals surface area contributed by atoms with Crippen LogP contribution in [0, 0.1) is 0 Å². The summed E-state index contributed by atoms with van der Waals surface area (Å²) in [5.74, 6) is 0. The number of hydrogen-bond acceptors (Lipinski definition) is 2. The molecule has 106 valence electrons. The summed E-state index contributed by atoms with van der Waals surface area (Å²) in [5, 5.41) is 4.15. The molecular formula is C17H21ClN2. The molecule has 1 unspecified atom stereocenters. The number of hydrogen-bond donors (Lipinski definition) is 1. The fourth-order valence-electron chi connectivity index (χ4n) is 2.32. The summed E-state index contributed by atoms with van der Waals surface area (Å²) in [4.78, 5) is 4.44. The number of aryl methyl sites for hydroxylation is 1. The van der Waals surface area contributed by atoms with Gasteiger partial charge in [-0.2, -0.15) is 0 Å². The Bertz CT molecular complexity index is 520. The predicted octanol–water partition coefficient (Wildman–Crippen LogP) is 4.39. The lowest BCUT2D eigenvalue weighted by Crippen LogP contribution is -2.22. The third kappa shape index (κ3) is 3.81. The molecule has 1 aromatic heterocycles. The van der Waals surface area contributed by atoms with Crippen molar-refractivity contribution in [1.82, 2.24) is 10.3 Å². The summed E-state index contributed by atoms with van der Waals surface area (Å²) in [6.07, 6.45) is 4.01. The molecule has 1 N–H and O–H groups in total. The standard InChI is InChI=1S/C17H21ClN2/c1-3-5-13-6-8-14(9-7-13)17(19-4-2)16-11-10-15(18)12-20-16/h6-12,17,19H,3-5H2,1-2H3. The quantitative estimate of drug-likeness (QED) is 0.853. The van der Waals surface area contributed by atoms with Gasteiger partial charge in [0.05, 0.1) is 16.8 Å². The van der Waals surface area contributed by atoms with Gasteiger partial charge in [-0.05, 0) is 36.2 Å². The monoisotopic (exact) mass is 288 g/mol. The van der Waals surface area contributed by atoms with Crippen LogP contribution in [0.1, 0.15) is 43.1 Å². The van der Waals surface area contributed by atoms with Gasteiger partial charge in [0.15, 0.2) is 0 Å². The van der Waals surface area contributed by atoms with E-state index in [1.807, 2.05) is 12.1 Å². The Labute approximate surface area is 126 Å². The van der Waals surface area contributed by atoms with Gasteiger partial charge in [-0.1, -0.05) is 56.1 Å². The zero-order chi connectivity index (χ0) is 14.4. The molecule has 1 aromatic carbocycles. The van der Waals surface area contributed by atoms with Crippen LogP contribution in [0.25, 0.3) is 0 Å². The second-order valence-corrected chi connectivity index (χ2v) is 5.32. The van der Waals surface area contributed by atoms with E-state index in [-0.39, 0.29) is 6.04 Å². The van der Waals surface area contributed by atoms with Gasteiger partial charge in [-0.15, -0.1) is 0 Å². The minimum Gasteiger partial charge on any atom is -0.305 e. The molecule has 0 amide bonds. The van der Waals surface area contributed by atoms with Gasteiger partial charge in [0.2, 0.25) is 0 Å². The van der Waals surface area contributed by atoms with Crippen molar-refractivity contribution in [2.24, 2.45) is 0 Å². The minimum absolute atomic E-state index is 0.118. The summed E-state index contributed by atoms with van der Waals surface area (Å²) in [5.41, 5.74) is 3.62. The molecule has 0 radical (unpaired) electrons. The molecular weight excluding hydrogens is 268 g/mol. The average molecular weight is 289 g/mol. The maximum absolute atomic E-state index is 5.91. The Morgan fingerprint density at radius 2 is 1.85 bits per heavy atom. The highest BCUT2D eigenvalue weighted by Crippen LogP contribution is 2.22. The van der Waals surface area contributed by atoms with Crippen molar-refractivity contribution in [3.05, 3.63) is 64.4 Å². The lowest BCUT2D eigenvalue weighted by molar-refractivity contribution is 0.615. The molecule has 2 rings (SSSR count). The minimum atomic E-state index is 0.118. The smallest absolute Gasteiger partial charge is 0.0751 e. The first-order valence-electron chi connectivity index (χ1n) is 7.18. The van der Waals surface area contributed by atoms with Gasteiger partial charge in [0.25, 0.3) is 0 Å². The van der Waals surface area contributed by atoms with E-state index >= 15 is 0 Å². The van der Waals surface area contributed by atoms with Crippen LogP contribution in [-0.4, -0.2) is 11.5 Å². The Morgan fingerprint density at radius 1 is 1.10 bits per heavy atom. The third-order valence-corrected chi connectivity index (χ3v) is 3.53. The molecule has 0 aliphatic carbocycles. The van der Waals surface area contributed by atoms with Crippen molar-refractivity contribution in [3.8, 4) is 0 Å². The van der Waals surface area contributed by atoms with Crippen LogP contribution in [0.4, 0.5) is 0 Å². The topological polar surface area (TPSA) is 24.9 Å². The Balaban J connectivity index is 2.25. The van der Waals surface area contributed by atoms with Gasteiger partial charge in [-0.3, -0.25) is 4.98 Å². The predicted molar refractivity (Wildman–Crippen MR) is 85.2 cm³/mol. The number of pyridine rings is 1. The molecule has 3 heteroatoms. The van der Waals surface area contributed by atoms with E-state index in [0.717, 1.165) is 18.7 Å². The van der Waals surface area contributed by atoms with Crippen LogP contribution in [-0.2, 0) is 6.42 Å². The number of nitrogens with zero attached hydrogens (tertiary/aromatic N) is 1. The molecule has 20 heavy (non-hydrogen) atoms. The van der Waals surface area contributed by atoms with E-state index in [9.17, 15) is 0 Å². The third-order valence-electron chi connectivity index (χ3n) is 3.31. The number of benzene rings is 1. The van der Waals surface area contributed by atoms with E-state index in [1.165, 1.54) is 17.5 Å². The van der Waals surface area contributed by atoms with Gasteiger partial charge < -0.3 is 5.32 Å². The van der Waals surface area contributed by atoms with Crippen molar-refractivity contribution in [2.45, 2.75) is 32.7 Å². The van der Waals surface area contributed by atoms with E-state index in [4.69, 9.17) is 11.6 Å². The van der Waals surface area contributed by atoms with Crippen LogP contribution in [0.2, 0.25) is 5.02 Å². The fraction of sp³-hybridized carbons (Fsp3) is 0.353. The molecule has 1 heterocycles. The van der Waals surface area contributed by atoms with Gasteiger partial charge >= 0.3 is 0 Å². The summed E-state index contributed by atoms with van der Waals surface area (Å²) in [6.45, 7) is 5.20. The molecule has 0 spiro atoms. The number of rotatable bonds is 6. The van der Waals surface area contributed by atoms with Crippen molar-refractivity contribution in [1.29, 1.82) is 0 Å². The molecule has 0 aliphatic heterocycles. The number of nitrogens with one attached hydrogen (secondary N) is 1. The number of aromatic nitrogens is 1. The Kier molecular flexibility index (Phi) is 5.57. The SMILES string of the molecule is CCCc1ccc(C(NCC)c2ccc(Cl)cn2)cc1. The van der Waals surface area contributed by atoms with Gasteiger partial charge in [0.1, 0.15) is 0 Å². The molecule has 0 fully saturated rings. The summed E-state index contributed by atoms with van der Waals surface area (Å²) in [6, 6.07) is 12.8. The highest BCUT2D eigenvalue weighted by atomic mass is 35.5. The van der Waals surface area contributed by atoms with Crippen molar-refractivity contribution in [3.63, 3.8) is 0 Å². The van der Waals surface area contributed by atoms with Crippen LogP contribution in [0.5, 0.6) is 0 Å². The van der Waals surface area contributed by atoms with Crippen molar-refractivity contribution < 1.29 is 0 Å². The molecule has 0 saturated carbocycles. The van der Waals surface area contributed by atoms with Crippen LogP contribution >= 0.6 is 11.6 Å². The first kappa shape index (κ1) is 15.0. The highest BCUT2D eigenvalue weighted by Gasteiger charge is 2.14. The lowest BCUT2D eigenvalue weighted by atomic mass is 10.00. The zero-order valence-corrected chi connectivity index (χ0v) is 12.8. The summed E-state index contributed by atoms with van der Waals surface area (Å²) < 4.78 is 0. The first-order chi connectivity index (χ1) is 9.74. The van der Waals surface area contributed by atoms with Gasteiger partial charge in [0, 0.05) is 6.20 Å². The number of halogens is 1. The lowest BCUT2D eigenvalue weighted by Gasteiger charge is -2.18. The van der Waals surface area contributed by atoms with Crippen molar-refractivity contribution in [2.75, 3.05) is 6.54 Å². The average Bonchev–Trinajstić information content (AvgIpc) is 2.47. The van der Waals surface area contributed by atoms with E-state index < -0.39 is 0 Å². The van der Waals surface area contributed by atoms with Crippen molar-refractivity contribution >= 4 is 11.6 Å². The molecule has 2 nitrogen and oxygen atoms in total. The largest absolute Gasteiger partial charge is 0.305 e. The molecule has 0 bridgehead atoms. The Morgan fingerprint density at radius 3 is 2.40 bits per heavy atom. The zero-order valence-electron chi connectivity index (χ0n) is 12.1. The van der Waals surface area contributed by atoms with E-state index in [0.29, 0.717) is 5.02 Å². The van der Waals surface area contributed by atoms with Crippen LogP contribution < -0.4 is 5.32 Å². The molecule has 0 saturated heterocycles. The van der Waals surface area contributed by atoms with E-state index in [1.54, 1.807) is 6.20 Å². The van der Waals surface area contributed by atoms with Crippen LogP contribution in [0.15, 0.2) is 42.6 Å². The fourth-order valence-corrected chi connectivity index (χ4v) is 2.43. The van der Waals surface area contributed by atoms with Gasteiger partial charge in [-0.25, -0.2) is 0 Å². The molecule has 0 aliphatic rings. The Hall–Kier alpha value is -1.38. The highest BCUT2D eigenvalue weighted by molar-refractivity contribution is 6.30. The normalized spacial score (nSPS) is 12.3. The second-order valence-electron chi connectivity index (χ2n) is 4.88. The second kappa shape index (κ2) is 7.41. The summed E-state index contributed by atoms with van der Waals surface area (Å²) in [7, 11) is 0. The van der Waals surface area contributed by atoms with E-state index in [2.05, 4.69) is 48.4 Å². The maximum Gasteiger partial charge on any atom is 0.0751 e. The van der Waals surface area contributed by atoms with Crippen LogP contribution in [0.3, 0.4) is 0 Å². The molecule has 1 atom stereocenters. The maximum atomic E-state index is 5.91. The summed E-state index contributed by atoms with van der Waals surface area (Å²) >= 11 is 5.91. The first-order valence-corrected chi connectivity index (χ1v) is 7.56. The molecule has 2 aromatic rings.